The highest BCUT2D eigenvalue weighted by molar-refractivity contribution is 9.10. The van der Waals surface area contributed by atoms with E-state index in [1.807, 2.05) is 0 Å². The average Bonchev–Trinajstić information content (AvgIpc) is 2.44. The van der Waals surface area contributed by atoms with E-state index in [9.17, 15) is 18.4 Å². The molecular formula is C13H13BrF2N2O3. The molecule has 2 N–H and O–H groups in total. The van der Waals surface area contributed by atoms with E-state index in [0.717, 1.165) is 12.1 Å². The minimum Gasteiger partial charge on any atom is -0.481 e. The van der Waals surface area contributed by atoms with E-state index >= 15 is 0 Å². The van der Waals surface area contributed by atoms with Crippen molar-refractivity contribution in [3.63, 3.8) is 0 Å². The molecule has 1 aromatic carbocycles. The number of benzene rings is 1. The lowest BCUT2D eigenvalue weighted by Crippen LogP contribution is -2.44. The lowest BCUT2D eigenvalue weighted by atomic mass is 9.99. The van der Waals surface area contributed by atoms with E-state index in [0.29, 0.717) is 19.4 Å². The highest BCUT2D eigenvalue weighted by Crippen LogP contribution is 2.24. The van der Waals surface area contributed by atoms with Crippen molar-refractivity contribution in [2.75, 3.05) is 18.4 Å². The molecule has 0 bridgehead atoms. The van der Waals surface area contributed by atoms with Crippen LogP contribution in [0.5, 0.6) is 0 Å². The molecule has 8 heteroatoms. The third-order valence-corrected chi connectivity index (χ3v) is 3.92. The van der Waals surface area contributed by atoms with Crippen molar-refractivity contribution in [1.82, 2.24) is 4.90 Å². The first-order valence-corrected chi connectivity index (χ1v) is 7.11. The van der Waals surface area contributed by atoms with Crippen LogP contribution in [0.3, 0.4) is 0 Å². The molecule has 1 aromatic rings. The van der Waals surface area contributed by atoms with Gasteiger partial charge in [-0.2, -0.15) is 0 Å². The molecule has 2 rings (SSSR count). The maximum atomic E-state index is 13.6. The molecule has 114 valence electrons. The molecule has 1 atom stereocenters. The van der Waals surface area contributed by atoms with Crippen molar-refractivity contribution >= 4 is 33.6 Å². The Hall–Kier alpha value is -1.70. The van der Waals surface area contributed by atoms with Gasteiger partial charge in [0.1, 0.15) is 11.6 Å². The molecule has 0 unspecified atom stereocenters. The third-order valence-electron chi connectivity index (χ3n) is 3.31. The summed E-state index contributed by atoms with van der Waals surface area (Å²) in [5, 5.41) is 11.2. The number of anilines is 1. The molecule has 0 saturated carbocycles. The molecule has 0 aromatic heterocycles. The molecule has 1 aliphatic rings. The number of nitrogens with one attached hydrogen (secondary N) is 1. The van der Waals surface area contributed by atoms with Gasteiger partial charge in [-0.05, 0) is 34.8 Å². The second kappa shape index (κ2) is 6.38. The molecule has 0 aliphatic carbocycles. The van der Waals surface area contributed by atoms with Crippen LogP contribution < -0.4 is 5.32 Å². The van der Waals surface area contributed by atoms with Crippen molar-refractivity contribution in [3.8, 4) is 0 Å². The minimum atomic E-state index is -0.964. The van der Waals surface area contributed by atoms with Gasteiger partial charge in [-0.15, -0.1) is 0 Å². The zero-order valence-electron chi connectivity index (χ0n) is 10.9. The number of piperidine rings is 1. The van der Waals surface area contributed by atoms with Crippen molar-refractivity contribution in [1.29, 1.82) is 0 Å². The molecule has 1 fully saturated rings. The number of likely N-dealkylation sites (tertiary alicyclic amines) is 1. The number of rotatable bonds is 2. The summed E-state index contributed by atoms with van der Waals surface area (Å²) in [4.78, 5) is 24.2. The van der Waals surface area contributed by atoms with Gasteiger partial charge in [0.2, 0.25) is 0 Å². The lowest BCUT2D eigenvalue weighted by Gasteiger charge is -2.30. The summed E-state index contributed by atoms with van der Waals surface area (Å²) in [5.41, 5.74) is -0.279. The Labute approximate surface area is 128 Å². The fraction of sp³-hybridized carbons (Fsp3) is 0.385. The number of halogens is 3. The SMILES string of the molecule is O=C(O)[C@H]1CCCN(C(=O)Nc2cc(F)c(Br)cc2F)C1. The van der Waals surface area contributed by atoms with Crippen LogP contribution in [0.2, 0.25) is 0 Å². The molecule has 0 spiro atoms. The molecule has 5 nitrogen and oxygen atoms in total. The number of hydrogen-bond donors (Lipinski definition) is 2. The number of nitrogens with zero attached hydrogens (tertiary/aromatic N) is 1. The van der Waals surface area contributed by atoms with Crippen LogP contribution in [0, 0.1) is 17.6 Å². The van der Waals surface area contributed by atoms with Crippen LogP contribution in [-0.2, 0) is 4.79 Å². The van der Waals surface area contributed by atoms with Crippen molar-refractivity contribution in [3.05, 3.63) is 28.2 Å². The lowest BCUT2D eigenvalue weighted by molar-refractivity contribution is -0.143. The number of carbonyl (C=O) groups excluding carboxylic acids is 1. The first-order chi connectivity index (χ1) is 9.88. The summed E-state index contributed by atoms with van der Waals surface area (Å²) in [6.07, 6.45) is 1.06. The van der Waals surface area contributed by atoms with E-state index in [4.69, 9.17) is 5.11 Å². The first-order valence-electron chi connectivity index (χ1n) is 6.31. The monoisotopic (exact) mass is 362 g/mol. The normalized spacial score (nSPS) is 18.4. The second-order valence-corrected chi connectivity index (χ2v) is 5.65. The summed E-state index contributed by atoms with van der Waals surface area (Å²) in [6.45, 7) is 0.442. The number of urea groups is 1. The van der Waals surface area contributed by atoms with Gasteiger partial charge >= 0.3 is 12.0 Å². The Balaban J connectivity index is 2.07. The number of hydrogen-bond acceptors (Lipinski definition) is 2. The van der Waals surface area contributed by atoms with E-state index in [1.165, 1.54) is 4.90 Å². The Kier molecular flexibility index (Phi) is 4.76. The van der Waals surface area contributed by atoms with E-state index in [-0.39, 0.29) is 16.7 Å². The third kappa shape index (κ3) is 3.69. The standard InChI is InChI=1S/C13H13BrF2N2O3/c14-8-4-10(16)11(5-9(8)15)17-13(21)18-3-1-2-7(6-18)12(19)20/h4-5,7H,1-3,6H2,(H,17,21)(H,19,20)/t7-/m0/s1. The predicted octanol–water partition coefficient (Wildman–Crippen LogP) is 3.06. The number of amides is 2. The number of aliphatic carboxylic acids is 1. The van der Waals surface area contributed by atoms with Gasteiger partial charge in [-0.1, -0.05) is 0 Å². The van der Waals surface area contributed by atoms with E-state index in [2.05, 4.69) is 21.2 Å². The Bertz CT molecular complexity index is 583. The summed E-state index contributed by atoms with van der Waals surface area (Å²) in [6, 6.07) is 1.15. The highest BCUT2D eigenvalue weighted by Gasteiger charge is 2.28. The van der Waals surface area contributed by atoms with Crippen molar-refractivity contribution in [2.24, 2.45) is 5.92 Å². The quantitative estimate of drug-likeness (QED) is 0.794. The molecule has 1 saturated heterocycles. The zero-order valence-corrected chi connectivity index (χ0v) is 12.5. The van der Waals surface area contributed by atoms with Gasteiger partial charge < -0.3 is 15.3 Å². The Morgan fingerprint density at radius 3 is 2.71 bits per heavy atom. The van der Waals surface area contributed by atoms with Gasteiger partial charge in [0.25, 0.3) is 0 Å². The van der Waals surface area contributed by atoms with Crippen LogP contribution in [0.1, 0.15) is 12.8 Å². The summed E-state index contributed by atoms with van der Waals surface area (Å²) in [7, 11) is 0. The zero-order chi connectivity index (χ0) is 15.6. The van der Waals surface area contributed by atoms with Gasteiger partial charge in [0, 0.05) is 19.2 Å². The summed E-state index contributed by atoms with van der Waals surface area (Å²) in [5.74, 6) is -3.07. The number of carbonyl (C=O) groups is 2. The van der Waals surface area contributed by atoms with Crippen LogP contribution in [0.15, 0.2) is 16.6 Å². The highest BCUT2D eigenvalue weighted by atomic mass is 79.9. The van der Waals surface area contributed by atoms with E-state index in [1.54, 1.807) is 0 Å². The van der Waals surface area contributed by atoms with Crippen LogP contribution >= 0.6 is 15.9 Å². The molecule has 0 radical (unpaired) electrons. The average molecular weight is 363 g/mol. The van der Waals surface area contributed by atoms with Gasteiger partial charge in [-0.3, -0.25) is 4.79 Å². The molecular weight excluding hydrogens is 350 g/mol. The van der Waals surface area contributed by atoms with E-state index < -0.39 is 29.6 Å². The van der Waals surface area contributed by atoms with Crippen LogP contribution in [0.4, 0.5) is 19.3 Å². The predicted molar refractivity (Wildman–Crippen MR) is 75.0 cm³/mol. The maximum absolute atomic E-state index is 13.6. The van der Waals surface area contributed by atoms with Crippen LogP contribution in [-0.4, -0.2) is 35.1 Å². The molecule has 2 amide bonds. The smallest absolute Gasteiger partial charge is 0.321 e. The fourth-order valence-electron chi connectivity index (χ4n) is 2.18. The number of carboxylic acid groups (broad SMARTS) is 1. The van der Waals surface area contributed by atoms with Crippen LogP contribution in [0.25, 0.3) is 0 Å². The van der Waals surface area contributed by atoms with Crippen molar-refractivity contribution in [2.45, 2.75) is 12.8 Å². The topological polar surface area (TPSA) is 69.6 Å². The molecule has 1 aliphatic heterocycles. The molecule has 1 heterocycles. The van der Waals surface area contributed by atoms with Gasteiger partial charge in [0.05, 0.1) is 16.1 Å². The van der Waals surface area contributed by atoms with Crippen molar-refractivity contribution < 1.29 is 23.5 Å². The number of carboxylic acids is 1. The first kappa shape index (κ1) is 15.7. The maximum Gasteiger partial charge on any atom is 0.321 e. The minimum absolute atomic E-state index is 0.0399. The summed E-state index contributed by atoms with van der Waals surface area (Å²) >= 11 is 2.84. The van der Waals surface area contributed by atoms with Gasteiger partial charge in [0.15, 0.2) is 0 Å². The second-order valence-electron chi connectivity index (χ2n) is 4.80. The van der Waals surface area contributed by atoms with Gasteiger partial charge in [-0.25, -0.2) is 13.6 Å². The largest absolute Gasteiger partial charge is 0.481 e. The Morgan fingerprint density at radius 1 is 1.33 bits per heavy atom. The summed E-state index contributed by atoms with van der Waals surface area (Å²) < 4.78 is 27.0. The Morgan fingerprint density at radius 2 is 2.05 bits per heavy atom. The fourth-order valence-corrected chi connectivity index (χ4v) is 2.49. The molecule has 21 heavy (non-hydrogen) atoms.